The normalized spacial score (nSPS) is 17.8. The average Bonchev–Trinajstić information content (AvgIpc) is 3.43. The molecule has 3 aromatic rings. The topological polar surface area (TPSA) is 139 Å². The number of carbonyl (C=O) groups excluding carboxylic acids is 2. The molecule has 0 aliphatic carbocycles. The van der Waals surface area contributed by atoms with Gasteiger partial charge in [-0.1, -0.05) is 11.6 Å². The lowest BCUT2D eigenvalue weighted by molar-refractivity contribution is -0.136. The number of nitrogens with one attached hydrogen (secondary N) is 2. The second kappa shape index (κ2) is 10.0. The van der Waals surface area contributed by atoms with Gasteiger partial charge in [-0.2, -0.15) is 0 Å². The van der Waals surface area contributed by atoms with E-state index in [1.54, 1.807) is 59.9 Å². The molecule has 0 bridgehead atoms. The molecule has 0 radical (unpaired) electrons. The second-order valence-electron chi connectivity index (χ2n) is 8.26. The van der Waals surface area contributed by atoms with Gasteiger partial charge < -0.3 is 30.4 Å². The first-order valence-electron chi connectivity index (χ1n) is 11.3. The summed E-state index contributed by atoms with van der Waals surface area (Å²) in [6, 6.07) is 6.34. The van der Waals surface area contributed by atoms with Gasteiger partial charge in [0.15, 0.2) is 11.5 Å². The lowest BCUT2D eigenvalue weighted by Crippen LogP contribution is -2.46. The molecule has 1 atom stereocenters. The molecule has 13 heteroatoms. The number of aromatic nitrogens is 3. The molecule has 2 aliphatic heterocycles. The summed E-state index contributed by atoms with van der Waals surface area (Å²) in [6.45, 7) is 2.14. The van der Waals surface area contributed by atoms with Gasteiger partial charge in [-0.05, 0) is 24.3 Å². The van der Waals surface area contributed by atoms with Gasteiger partial charge in [-0.3, -0.25) is 9.59 Å². The number of methoxy groups -OCH3 is 1. The minimum Gasteiger partial charge on any atom is -0.496 e. The third-order valence-corrected chi connectivity index (χ3v) is 6.22. The number of hydrogen-bond donors (Lipinski definition) is 3. The van der Waals surface area contributed by atoms with Crippen LogP contribution in [0.15, 0.2) is 48.6 Å². The number of nitrogen functional groups attached to an aromatic ring is 1. The van der Waals surface area contributed by atoms with Crippen molar-refractivity contribution in [3.05, 3.63) is 64.7 Å². The van der Waals surface area contributed by atoms with Gasteiger partial charge in [0, 0.05) is 42.3 Å². The summed E-state index contributed by atoms with van der Waals surface area (Å²) >= 11 is 6.28. The maximum absolute atomic E-state index is 13.4. The van der Waals surface area contributed by atoms with Crippen LogP contribution in [0, 0.1) is 0 Å². The highest BCUT2D eigenvalue weighted by Gasteiger charge is 2.32. The Morgan fingerprint density at radius 3 is 2.92 bits per heavy atom. The molecule has 5 rings (SSSR count). The third kappa shape index (κ3) is 4.65. The lowest BCUT2D eigenvalue weighted by Gasteiger charge is -2.29. The van der Waals surface area contributed by atoms with Gasteiger partial charge in [0.25, 0.3) is 5.91 Å². The summed E-state index contributed by atoms with van der Waals surface area (Å²) in [5, 5.41) is 9.21. The Bertz CT molecular complexity index is 1340. The lowest BCUT2D eigenvalue weighted by atomic mass is 10.0. The fraction of sp³-hybridized carbons (Fsp3) is 0.304. The van der Waals surface area contributed by atoms with E-state index in [1.165, 1.54) is 4.52 Å². The molecule has 2 aliphatic rings. The van der Waals surface area contributed by atoms with E-state index in [2.05, 4.69) is 20.8 Å². The quantitative estimate of drug-likeness (QED) is 0.440. The first kappa shape index (κ1) is 23.9. The number of benzene rings is 1. The number of halogens is 1. The average molecular weight is 513 g/mol. The molecule has 188 valence electrons. The van der Waals surface area contributed by atoms with Crippen LogP contribution < -0.4 is 21.2 Å². The van der Waals surface area contributed by atoms with Crippen LogP contribution in [0.4, 0.5) is 5.82 Å². The van der Waals surface area contributed by atoms with Gasteiger partial charge in [-0.25, -0.2) is 14.9 Å². The maximum Gasteiger partial charge on any atom is 0.263 e. The predicted molar refractivity (Wildman–Crippen MR) is 131 cm³/mol. The summed E-state index contributed by atoms with van der Waals surface area (Å²) in [5.41, 5.74) is 11.0. The zero-order valence-corrected chi connectivity index (χ0v) is 20.2. The number of amides is 2. The summed E-state index contributed by atoms with van der Waals surface area (Å²) in [5.74, 6) is 0.0636. The Labute approximate surface area is 211 Å². The zero-order chi connectivity index (χ0) is 25.2. The Morgan fingerprint density at radius 2 is 2.14 bits per heavy atom. The molecule has 0 spiro atoms. The minimum absolute atomic E-state index is 0.0500. The first-order chi connectivity index (χ1) is 17.4. The van der Waals surface area contributed by atoms with Crippen molar-refractivity contribution in [3.63, 3.8) is 0 Å². The summed E-state index contributed by atoms with van der Waals surface area (Å²) in [7, 11) is 1.55. The second-order valence-corrected chi connectivity index (χ2v) is 8.69. The van der Waals surface area contributed by atoms with E-state index in [1.807, 2.05) is 0 Å². The monoisotopic (exact) mass is 512 g/mol. The molecule has 4 N–H and O–H groups in total. The molecule has 1 saturated heterocycles. The van der Waals surface area contributed by atoms with Crippen LogP contribution in [0.25, 0.3) is 5.65 Å². The van der Waals surface area contributed by atoms with Crippen molar-refractivity contribution in [1.82, 2.24) is 35.2 Å². The van der Waals surface area contributed by atoms with Gasteiger partial charge in [0.2, 0.25) is 5.91 Å². The molecule has 2 amide bonds. The fourth-order valence-corrected chi connectivity index (χ4v) is 4.43. The molecule has 1 unspecified atom stereocenters. The van der Waals surface area contributed by atoms with E-state index in [0.717, 1.165) is 0 Å². The van der Waals surface area contributed by atoms with Gasteiger partial charge in [0.1, 0.15) is 17.9 Å². The fourth-order valence-electron chi connectivity index (χ4n) is 4.25. The highest BCUT2D eigenvalue weighted by Crippen LogP contribution is 2.34. The van der Waals surface area contributed by atoms with E-state index in [4.69, 9.17) is 26.8 Å². The Hall–Kier alpha value is -3.87. The molecule has 2 aromatic heterocycles. The number of nitrogens with two attached hydrogens (primary N) is 1. The van der Waals surface area contributed by atoms with Crippen molar-refractivity contribution in [2.24, 2.45) is 0 Å². The summed E-state index contributed by atoms with van der Waals surface area (Å²) in [6.07, 6.45) is 4.89. The van der Waals surface area contributed by atoms with Crippen LogP contribution in [0.1, 0.15) is 22.0 Å². The molecule has 1 fully saturated rings. The number of morpholine rings is 1. The number of fused-ring (bicyclic) bond motifs is 1. The zero-order valence-electron chi connectivity index (χ0n) is 19.5. The van der Waals surface area contributed by atoms with Crippen molar-refractivity contribution >= 4 is 34.9 Å². The van der Waals surface area contributed by atoms with Gasteiger partial charge in [-0.15, -0.1) is 5.10 Å². The maximum atomic E-state index is 13.4. The van der Waals surface area contributed by atoms with E-state index >= 15 is 0 Å². The Kier molecular flexibility index (Phi) is 6.63. The highest BCUT2D eigenvalue weighted by atomic mass is 35.5. The SMILES string of the molecule is COc1ccc(Cl)cc1C1NN(CC(=O)N2CCOCC2)C=C1NC(=O)c1c(N)nn2cccnc12. The number of hydrazine groups is 1. The number of nitrogens with zero attached hydrogens (tertiary/aromatic N) is 5. The van der Waals surface area contributed by atoms with Crippen molar-refractivity contribution < 1.29 is 19.1 Å². The molecular formula is C23H25ClN8O4. The Morgan fingerprint density at radius 1 is 1.33 bits per heavy atom. The first-order valence-corrected chi connectivity index (χ1v) is 11.7. The van der Waals surface area contributed by atoms with Crippen LogP contribution in [-0.2, 0) is 9.53 Å². The largest absolute Gasteiger partial charge is 0.496 e. The van der Waals surface area contributed by atoms with E-state index in [0.29, 0.717) is 54.0 Å². The van der Waals surface area contributed by atoms with Crippen LogP contribution in [-0.4, -0.2) is 76.3 Å². The minimum atomic E-state index is -0.559. The molecule has 12 nitrogen and oxygen atoms in total. The van der Waals surface area contributed by atoms with Crippen molar-refractivity contribution in [2.75, 3.05) is 45.7 Å². The standard InChI is InChI=1S/C23H25ClN8O4/c1-35-17-4-3-14(24)11-15(17)20-16(12-31(28-20)13-18(33)30-7-9-36-10-8-30)27-23(34)19-21(25)29-32-6-2-5-26-22(19)32/h2-6,11-12,20,28H,7-10,13H2,1H3,(H2,25,29)(H,27,34). The van der Waals surface area contributed by atoms with Crippen LogP contribution >= 0.6 is 11.6 Å². The highest BCUT2D eigenvalue weighted by molar-refractivity contribution is 6.30. The summed E-state index contributed by atoms with van der Waals surface area (Å²) in [4.78, 5) is 32.2. The van der Waals surface area contributed by atoms with Crippen molar-refractivity contribution in [3.8, 4) is 5.75 Å². The Balaban J connectivity index is 1.45. The molecule has 1 aromatic carbocycles. The molecule has 4 heterocycles. The van der Waals surface area contributed by atoms with E-state index in [9.17, 15) is 9.59 Å². The van der Waals surface area contributed by atoms with Crippen molar-refractivity contribution in [1.29, 1.82) is 0 Å². The molecular weight excluding hydrogens is 488 g/mol. The number of rotatable bonds is 6. The number of ether oxygens (including phenoxy) is 2. The summed E-state index contributed by atoms with van der Waals surface area (Å²) < 4.78 is 12.3. The number of anilines is 1. The van der Waals surface area contributed by atoms with E-state index < -0.39 is 11.9 Å². The molecule has 36 heavy (non-hydrogen) atoms. The van der Waals surface area contributed by atoms with Crippen LogP contribution in [0.5, 0.6) is 5.75 Å². The number of hydrogen-bond acceptors (Lipinski definition) is 9. The number of carbonyl (C=O) groups is 2. The van der Waals surface area contributed by atoms with Crippen molar-refractivity contribution in [2.45, 2.75) is 6.04 Å². The van der Waals surface area contributed by atoms with Gasteiger partial charge in [0.05, 0.1) is 32.1 Å². The van der Waals surface area contributed by atoms with E-state index in [-0.39, 0.29) is 23.8 Å². The van der Waals surface area contributed by atoms with Gasteiger partial charge >= 0.3 is 0 Å². The van der Waals surface area contributed by atoms with Crippen LogP contribution in [0.3, 0.4) is 0 Å². The van der Waals surface area contributed by atoms with Crippen LogP contribution in [0.2, 0.25) is 5.02 Å². The smallest absolute Gasteiger partial charge is 0.263 e. The third-order valence-electron chi connectivity index (χ3n) is 5.98. The molecule has 0 saturated carbocycles. The predicted octanol–water partition coefficient (Wildman–Crippen LogP) is 0.965.